The Morgan fingerprint density at radius 2 is 0.550 bits per heavy atom. The predicted octanol–water partition coefficient (Wildman–Crippen LogP) is 20.5. The van der Waals surface area contributed by atoms with E-state index in [9.17, 15) is 20.8 Å². The molecule has 6 unspecified atom stereocenters. The summed E-state index contributed by atoms with van der Waals surface area (Å²) >= 11 is 10.6. The van der Waals surface area contributed by atoms with Gasteiger partial charge in [0.15, 0.2) is 22.4 Å². The molecular formula is C88H49ClO9Si2. The minimum absolute atomic E-state index is 0.562. The SMILES string of the molecule is CC(C)(C)OOC12C3=C4OC5(O[Si](C)(C)c6ccccc6)c6c1c1c7c2c2c8c9c%10c%11c%12c%13c%14c%15c%16c%17c(c5c5c6c6c1c1c%18c7c8c7c8c9c%12c9c%12c%13c%16c%13c%16c%17c5c5c6c1c1c(c%187)c(c89)c(c%12%13)c1c5%16)C%15(Cl)C4(O[Si](C)(C)c1ccccc1)C(=C3C2%10OOC(C)(C)C)C%11%14OOC(C)(C)C. The van der Waals surface area contributed by atoms with Crippen LogP contribution in [-0.4, -0.2) is 39.0 Å². The van der Waals surface area contributed by atoms with Gasteiger partial charge in [-0.25, -0.2) is 29.3 Å². The molecule has 12 heteroatoms. The molecule has 0 N–H and O–H groups in total. The molecule has 6 atom stereocenters. The maximum Gasteiger partial charge on any atom is 0.257 e. The molecule has 34 rings (SSSR count). The Hall–Kier alpha value is -8.38. The molecule has 0 amide bonds. The van der Waals surface area contributed by atoms with Gasteiger partial charge in [-0.2, -0.15) is 0 Å². The van der Waals surface area contributed by atoms with E-state index in [0.717, 1.165) is 82.7 Å². The zero-order valence-corrected chi connectivity index (χ0v) is 59.1. The van der Waals surface area contributed by atoms with E-state index in [-0.39, 0.29) is 0 Å². The summed E-state index contributed by atoms with van der Waals surface area (Å²) in [6.45, 7) is 28.7. The lowest BCUT2D eigenvalue weighted by Crippen LogP contribution is -2.67. The first kappa shape index (κ1) is 49.2. The van der Waals surface area contributed by atoms with Crippen molar-refractivity contribution in [2.75, 3.05) is 0 Å². The summed E-state index contributed by atoms with van der Waals surface area (Å²) in [5.41, 5.74) is 3.62. The van der Waals surface area contributed by atoms with E-state index >= 15 is 0 Å². The second kappa shape index (κ2) is 12.2. The number of ether oxygens (including phenoxy) is 1. The van der Waals surface area contributed by atoms with Crippen LogP contribution in [-0.2, 0) is 70.4 Å². The number of benzene rings is 17. The quantitative estimate of drug-likeness (QED) is 0.0390. The van der Waals surface area contributed by atoms with E-state index in [0.29, 0.717) is 5.76 Å². The van der Waals surface area contributed by atoms with E-state index in [1.54, 1.807) is 0 Å². The molecular weight excluding hydrogens is 1290 g/mol. The minimum atomic E-state index is -3.47. The van der Waals surface area contributed by atoms with Crippen LogP contribution >= 0.6 is 11.6 Å². The van der Waals surface area contributed by atoms with Crippen molar-refractivity contribution >= 4 is 254 Å². The van der Waals surface area contributed by atoms with Crippen molar-refractivity contribution in [2.45, 2.75) is 138 Å². The number of alkyl halides is 1. The Balaban J connectivity index is 0.990. The molecule has 23 aromatic rings. The molecule has 2 heterocycles. The monoisotopic (exact) mass is 1340 g/mol. The molecule has 2 aliphatic heterocycles. The third-order valence-corrected chi connectivity index (χ3v) is 34.8. The van der Waals surface area contributed by atoms with Gasteiger partial charge >= 0.3 is 0 Å². The van der Waals surface area contributed by atoms with Crippen LogP contribution in [0.4, 0.5) is 0 Å². The molecule has 2 bridgehead atoms. The van der Waals surface area contributed by atoms with Crippen LogP contribution in [0.5, 0.6) is 0 Å². The van der Waals surface area contributed by atoms with Gasteiger partial charge in [0.05, 0.1) is 16.8 Å². The average molecular weight is 1340 g/mol. The summed E-state index contributed by atoms with van der Waals surface area (Å²) in [4.78, 5) is 46.6. The number of hydrogen-bond acceptors (Lipinski definition) is 9. The van der Waals surface area contributed by atoms with Crippen LogP contribution in [0, 0.1) is 0 Å². The van der Waals surface area contributed by atoms with E-state index in [1.807, 2.05) is 0 Å². The molecule has 0 saturated carbocycles. The highest BCUT2D eigenvalue weighted by Gasteiger charge is 2.88. The van der Waals surface area contributed by atoms with Crippen molar-refractivity contribution in [3.63, 3.8) is 0 Å². The highest BCUT2D eigenvalue weighted by atomic mass is 35.5. The highest BCUT2D eigenvalue weighted by molar-refractivity contribution is 6.85. The van der Waals surface area contributed by atoms with Crippen LogP contribution < -0.4 is 10.4 Å². The Morgan fingerprint density at radius 3 is 0.900 bits per heavy atom. The molecule has 100 heavy (non-hydrogen) atoms. The van der Waals surface area contributed by atoms with Gasteiger partial charge in [0.2, 0.25) is 16.6 Å². The summed E-state index contributed by atoms with van der Waals surface area (Å²) in [5.74, 6) is -1.16. The van der Waals surface area contributed by atoms with Crippen LogP contribution in [0.3, 0.4) is 0 Å². The van der Waals surface area contributed by atoms with E-state index in [4.69, 9.17) is 33.8 Å². The van der Waals surface area contributed by atoms with Gasteiger partial charge in [-0.05, 0) is 309 Å². The lowest BCUT2D eigenvalue weighted by atomic mass is 9.54. The van der Waals surface area contributed by atoms with E-state index in [2.05, 4.69) is 149 Å². The van der Waals surface area contributed by atoms with Gasteiger partial charge in [0.1, 0.15) is 10.6 Å². The van der Waals surface area contributed by atoms with Crippen LogP contribution in [0.25, 0.3) is 215 Å². The maximum atomic E-state index is 10.6. The molecule has 11 aliphatic rings. The number of hydrogen-bond donors (Lipinski definition) is 0. The largest absolute Gasteiger partial charge is 0.455 e. The third-order valence-electron chi connectivity index (χ3n) is 29.1. The molecule has 0 spiro atoms. The van der Waals surface area contributed by atoms with Gasteiger partial charge in [-0.3, -0.25) is 0 Å². The molecule has 9 aliphatic carbocycles. The van der Waals surface area contributed by atoms with Crippen molar-refractivity contribution in [2.24, 2.45) is 0 Å². The van der Waals surface area contributed by atoms with Crippen molar-refractivity contribution in [1.82, 2.24) is 0 Å². The van der Waals surface area contributed by atoms with Gasteiger partial charge in [0, 0.05) is 77.6 Å². The van der Waals surface area contributed by atoms with Crippen LogP contribution in [0.15, 0.2) is 83.1 Å². The Bertz CT molecular complexity index is 8250. The second-order valence-corrected chi connectivity index (χ2v) is 45.3. The average Bonchev–Trinajstić information content (AvgIpc) is 1.38. The third kappa shape index (κ3) is 3.50. The molecule has 0 aromatic heterocycles. The molecule has 470 valence electrons. The Labute approximate surface area is 570 Å². The lowest BCUT2D eigenvalue weighted by Gasteiger charge is -2.59. The minimum Gasteiger partial charge on any atom is -0.455 e. The molecule has 23 aromatic carbocycles. The normalized spacial score (nSPS) is 27.1. The fraction of sp³-hybridized carbons (Fsp3) is 0.250. The summed E-state index contributed by atoms with van der Waals surface area (Å²) in [5, 5.41) is 55.9. The Kier molecular flexibility index (Phi) is 5.99. The fourth-order valence-electron chi connectivity index (χ4n) is 27.7. The highest BCUT2D eigenvalue weighted by Crippen LogP contribution is 2.91. The molecule has 0 saturated heterocycles. The molecule has 0 fully saturated rings. The molecule has 9 nitrogen and oxygen atoms in total. The predicted molar refractivity (Wildman–Crippen MR) is 401 cm³/mol. The summed E-state index contributed by atoms with van der Waals surface area (Å²) in [6.07, 6.45) is 0. The zero-order chi connectivity index (χ0) is 65.3. The maximum absolute atomic E-state index is 10.6. The van der Waals surface area contributed by atoms with Crippen LogP contribution in [0.2, 0.25) is 26.2 Å². The van der Waals surface area contributed by atoms with E-state index < -0.39 is 66.5 Å². The smallest absolute Gasteiger partial charge is 0.257 e. The van der Waals surface area contributed by atoms with Gasteiger partial charge < -0.3 is 13.6 Å². The van der Waals surface area contributed by atoms with Crippen molar-refractivity contribution in [1.29, 1.82) is 0 Å². The lowest BCUT2D eigenvalue weighted by molar-refractivity contribution is -0.407. The number of rotatable bonds is 12. The first-order valence-corrected chi connectivity index (χ1v) is 42.4. The van der Waals surface area contributed by atoms with Gasteiger partial charge in [0.25, 0.3) is 5.79 Å². The molecule has 0 radical (unpaired) electrons. The van der Waals surface area contributed by atoms with Gasteiger partial charge in [-0.15, -0.1) is 11.6 Å². The second-order valence-electron chi connectivity index (χ2n) is 37.1. The topological polar surface area (TPSA) is 83.1 Å². The standard InChI is InChI=1S/C88H49ClO9Si2/c1-80(2,3)91-94-83-66-56-46-36-31-27-26-28-30-29(27)34-41-38(31)47(46)58-61-51(41)54-44(34)45-35(30)43-42-33(28)40-39-32(26)37(36)48-49(39)59-60-50(40)52(42)62-63-53(43)55(45)65-64(54)74-71(61)84(67(58)66,95-92-81(4,5)6)77-76(83)78-85(96-93-82(7,8)9,69(59)68(83)57(48)56)70(60)72(62)86(89)73(63)75(65)88(74,98-100(12,13)25-22-18-15-19-23-25)90-79(77)87(78,86)97-99(10,11)24-20-16-14-17-21-24/h14-23H,1-13H3. The van der Waals surface area contributed by atoms with E-state index in [1.165, 1.54) is 215 Å². The Morgan fingerprint density at radius 1 is 0.300 bits per heavy atom. The summed E-state index contributed by atoms with van der Waals surface area (Å²) < 4.78 is 28.1. The van der Waals surface area contributed by atoms with Gasteiger partial charge in [-0.1, -0.05) is 60.7 Å². The zero-order valence-electron chi connectivity index (χ0n) is 56.3. The fourth-order valence-corrected chi connectivity index (χ4v) is 32.7. The van der Waals surface area contributed by atoms with Crippen molar-refractivity contribution in [3.8, 4) is 0 Å². The van der Waals surface area contributed by atoms with Crippen molar-refractivity contribution < 1.29 is 42.9 Å². The summed E-state index contributed by atoms with van der Waals surface area (Å²) in [6, 6.07) is 22.1. The first-order chi connectivity index (χ1) is 47.9. The van der Waals surface area contributed by atoms with Crippen LogP contribution in [0.1, 0.15) is 118 Å². The number of halogens is 1. The van der Waals surface area contributed by atoms with Crippen molar-refractivity contribution in [3.05, 3.63) is 139 Å². The summed E-state index contributed by atoms with van der Waals surface area (Å²) in [7, 11) is -6.75. The first-order valence-electron chi connectivity index (χ1n) is 36.2.